The number of benzene rings is 1. The number of hydrogen-bond donors (Lipinski definition) is 0. The molecule has 0 aliphatic carbocycles. The summed E-state index contributed by atoms with van der Waals surface area (Å²) in [7, 11) is 0. The molecule has 90 valence electrons. The second-order valence-corrected chi connectivity index (χ2v) is 4.55. The molecule has 0 bridgehead atoms. The third-order valence-electron chi connectivity index (χ3n) is 2.42. The minimum atomic E-state index is -1.05. The van der Waals surface area contributed by atoms with Gasteiger partial charge < -0.3 is 0 Å². The quantitative estimate of drug-likeness (QED) is 0.795. The summed E-state index contributed by atoms with van der Waals surface area (Å²) in [4.78, 5) is 12.6. The number of carbonyl (C=O) groups excluding carboxylic acids is 1. The zero-order valence-corrected chi connectivity index (χ0v) is 9.88. The topological polar surface area (TPSA) is 40.9 Å². The zero-order chi connectivity index (χ0) is 13.1. The van der Waals surface area contributed by atoms with Gasteiger partial charge in [-0.2, -0.15) is 5.26 Å². The van der Waals surface area contributed by atoms with E-state index >= 15 is 0 Å². The molecule has 0 spiro atoms. The van der Waals surface area contributed by atoms with Gasteiger partial charge in [-0.05, 0) is 23.6 Å². The number of carbonyl (C=O) groups is 1. The molecule has 1 unspecified atom stereocenters. The Balaban J connectivity index is 2.39. The Morgan fingerprint density at radius 3 is 2.67 bits per heavy atom. The van der Waals surface area contributed by atoms with Crippen LogP contribution >= 0.6 is 11.3 Å². The molecule has 0 N–H and O–H groups in total. The number of thiophene rings is 1. The second kappa shape index (κ2) is 5.07. The first kappa shape index (κ1) is 12.4. The number of nitrogens with zero attached hydrogens (tertiary/aromatic N) is 1. The monoisotopic (exact) mass is 263 g/mol. The van der Waals surface area contributed by atoms with Crippen molar-refractivity contribution in [1.29, 1.82) is 5.26 Å². The normalized spacial score (nSPS) is 11.8. The summed E-state index contributed by atoms with van der Waals surface area (Å²) in [5, 5.41) is 10.7. The fourth-order valence-corrected chi connectivity index (χ4v) is 2.32. The maximum Gasteiger partial charge on any atom is 0.188 e. The molecule has 0 fully saturated rings. The Bertz CT molecular complexity index is 616. The van der Waals surface area contributed by atoms with Gasteiger partial charge in [-0.1, -0.05) is 6.07 Å². The number of halogens is 2. The van der Waals surface area contributed by atoms with Gasteiger partial charge in [0.2, 0.25) is 0 Å². The average Bonchev–Trinajstić information content (AvgIpc) is 2.83. The van der Waals surface area contributed by atoms with Crippen molar-refractivity contribution in [1.82, 2.24) is 0 Å². The van der Waals surface area contributed by atoms with Gasteiger partial charge >= 0.3 is 0 Å². The van der Waals surface area contributed by atoms with Crippen LogP contribution in [0.3, 0.4) is 0 Å². The summed E-state index contributed by atoms with van der Waals surface area (Å²) in [6, 6.07) is 7.88. The van der Waals surface area contributed by atoms with E-state index in [4.69, 9.17) is 5.26 Å². The van der Waals surface area contributed by atoms with Gasteiger partial charge in [0.1, 0.15) is 17.6 Å². The third kappa shape index (κ3) is 2.29. The van der Waals surface area contributed by atoms with E-state index in [-0.39, 0.29) is 5.56 Å². The van der Waals surface area contributed by atoms with Gasteiger partial charge in [0.25, 0.3) is 0 Å². The minimum absolute atomic E-state index is 0.267. The first-order valence-electron chi connectivity index (χ1n) is 5.05. The van der Waals surface area contributed by atoms with Crippen molar-refractivity contribution in [3.05, 3.63) is 57.8 Å². The van der Waals surface area contributed by atoms with E-state index in [0.717, 1.165) is 12.1 Å². The lowest BCUT2D eigenvalue weighted by Crippen LogP contribution is -2.12. The van der Waals surface area contributed by atoms with Crippen LogP contribution in [0.15, 0.2) is 35.7 Å². The predicted molar refractivity (Wildman–Crippen MR) is 63.4 cm³/mol. The molecule has 0 aliphatic heterocycles. The molecule has 0 radical (unpaired) electrons. The van der Waals surface area contributed by atoms with Crippen LogP contribution in [0.4, 0.5) is 8.78 Å². The van der Waals surface area contributed by atoms with Gasteiger partial charge in [0.15, 0.2) is 5.78 Å². The van der Waals surface area contributed by atoms with Gasteiger partial charge in [0, 0.05) is 10.9 Å². The highest BCUT2D eigenvalue weighted by molar-refractivity contribution is 7.10. The minimum Gasteiger partial charge on any atom is -0.292 e. The SMILES string of the molecule is N#CC(C(=O)c1ccc(F)cc1F)c1cccs1. The Morgan fingerprint density at radius 1 is 1.33 bits per heavy atom. The molecule has 1 aromatic carbocycles. The van der Waals surface area contributed by atoms with Crippen LogP contribution in [0.1, 0.15) is 21.2 Å². The maximum absolute atomic E-state index is 13.5. The summed E-state index contributed by atoms with van der Waals surface area (Å²) in [5.74, 6) is -3.41. The Kier molecular flexibility index (Phi) is 3.49. The van der Waals surface area contributed by atoms with Crippen molar-refractivity contribution in [3.63, 3.8) is 0 Å². The van der Waals surface area contributed by atoms with Crippen LogP contribution in [0, 0.1) is 23.0 Å². The highest BCUT2D eigenvalue weighted by atomic mass is 32.1. The summed E-state index contributed by atoms with van der Waals surface area (Å²) in [5.41, 5.74) is -0.267. The first-order valence-corrected chi connectivity index (χ1v) is 5.93. The molecule has 0 saturated heterocycles. The van der Waals surface area contributed by atoms with E-state index in [2.05, 4.69) is 0 Å². The number of ketones is 1. The lowest BCUT2D eigenvalue weighted by atomic mass is 9.97. The average molecular weight is 263 g/mol. The summed E-state index contributed by atoms with van der Waals surface area (Å²) < 4.78 is 26.2. The van der Waals surface area contributed by atoms with Crippen LogP contribution in [0.25, 0.3) is 0 Å². The standard InChI is InChI=1S/C13H7F2NOS/c14-8-3-4-9(11(15)6-8)13(17)10(7-16)12-2-1-5-18-12/h1-6,10H. The Morgan fingerprint density at radius 2 is 2.11 bits per heavy atom. The lowest BCUT2D eigenvalue weighted by molar-refractivity contribution is 0.0976. The van der Waals surface area contributed by atoms with Crippen LogP contribution in [-0.4, -0.2) is 5.78 Å². The van der Waals surface area contributed by atoms with E-state index in [0.29, 0.717) is 10.9 Å². The van der Waals surface area contributed by atoms with Crippen LogP contribution in [0.2, 0.25) is 0 Å². The highest BCUT2D eigenvalue weighted by Crippen LogP contribution is 2.25. The lowest BCUT2D eigenvalue weighted by Gasteiger charge is -2.07. The molecular formula is C13H7F2NOS. The molecule has 1 atom stereocenters. The fraction of sp³-hybridized carbons (Fsp3) is 0.0769. The van der Waals surface area contributed by atoms with Crippen molar-refractivity contribution in [2.45, 2.75) is 5.92 Å². The van der Waals surface area contributed by atoms with Crippen molar-refractivity contribution >= 4 is 17.1 Å². The molecule has 0 amide bonds. The molecule has 2 nitrogen and oxygen atoms in total. The molecule has 18 heavy (non-hydrogen) atoms. The van der Waals surface area contributed by atoms with Gasteiger partial charge in [-0.3, -0.25) is 4.79 Å². The molecule has 0 saturated carbocycles. The Labute approximate surface area is 106 Å². The summed E-state index contributed by atoms with van der Waals surface area (Å²) in [6.07, 6.45) is 0. The molecule has 1 heterocycles. The Hall–Kier alpha value is -2.06. The third-order valence-corrected chi connectivity index (χ3v) is 3.35. The van der Waals surface area contributed by atoms with Crippen LogP contribution in [-0.2, 0) is 0 Å². The molecule has 1 aromatic heterocycles. The van der Waals surface area contributed by atoms with Crippen molar-refractivity contribution in [2.75, 3.05) is 0 Å². The maximum atomic E-state index is 13.5. The molecular weight excluding hydrogens is 256 g/mol. The van der Waals surface area contributed by atoms with E-state index < -0.39 is 23.3 Å². The molecule has 0 aliphatic rings. The van der Waals surface area contributed by atoms with E-state index in [1.165, 1.54) is 11.3 Å². The highest BCUT2D eigenvalue weighted by Gasteiger charge is 2.25. The summed E-state index contributed by atoms with van der Waals surface area (Å²) in [6.45, 7) is 0. The molecule has 5 heteroatoms. The van der Waals surface area contributed by atoms with Gasteiger partial charge in [0.05, 0.1) is 11.6 Å². The van der Waals surface area contributed by atoms with Crippen molar-refractivity contribution in [2.24, 2.45) is 0 Å². The molecule has 2 aromatic rings. The number of hydrogen-bond acceptors (Lipinski definition) is 3. The fourth-order valence-electron chi connectivity index (χ4n) is 1.55. The van der Waals surface area contributed by atoms with Gasteiger partial charge in [-0.15, -0.1) is 11.3 Å². The number of nitriles is 1. The van der Waals surface area contributed by atoms with Crippen LogP contribution in [0.5, 0.6) is 0 Å². The van der Waals surface area contributed by atoms with E-state index in [1.807, 2.05) is 6.07 Å². The smallest absolute Gasteiger partial charge is 0.188 e. The van der Waals surface area contributed by atoms with E-state index in [1.54, 1.807) is 17.5 Å². The molecule has 2 rings (SSSR count). The van der Waals surface area contributed by atoms with E-state index in [9.17, 15) is 13.6 Å². The number of rotatable bonds is 3. The predicted octanol–water partition coefficient (Wildman–Crippen LogP) is 3.52. The van der Waals surface area contributed by atoms with Gasteiger partial charge in [-0.25, -0.2) is 8.78 Å². The zero-order valence-electron chi connectivity index (χ0n) is 9.06. The van der Waals surface area contributed by atoms with Crippen molar-refractivity contribution < 1.29 is 13.6 Å². The van der Waals surface area contributed by atoms with Crippen LogP contribution < -0.4 is 0 Å². The largest absolute Gasteiger partial charge is 0.292 e. The first-order chi connectivity index (χ1) is 8.63. The van der Waals surface area contributed by atoms with Crippen molar-refractivity contribution in [3.8, 4) is 6.07 Å². The number of Topliss-reactive ketones (excluding diaryl/α,β-unsaturated/α-hetero) is 1. The second-order valence-electron chi connectivity index (χ2n) is 3.57. The summed E-state index contributed by atoms with van der Waals surface area (Å²) >= 11 is 1.25.